The molecule has 2 rings (SSSR count). The van der Waals surface area contributed by atoms with E-state index in [2.05, 4.69) is 10.1 Å². The number of pyridine rings is 1. The lowest BCUT2D eigenvalue weighted by atomic mass is 10.1. The monoisotopic (exact) mass is 312 g/mol. The summed E-state index contributed by atoms with van der Waals surface area (Å²) in [5.41, 5.74) is 0.806. The summed E-state index contributed by atoms with van der Waals surface area (Å²) in [6.07, 6.45) is 2.91. The van der Waals surface area contributed by atoms with E-state index in [0.717, 1.165) is 6.54 Å². The third-order valence-corrected chi connectivity index (χ3v) is 3.26. The molecule has 7 heteroatoms. The Hall–Kier alpha value is -1.43. The van der Waals surface area contributed by atoms with E-state index in [-0.39, 0.29) is 5.78 Å². The van der Waals surface area contributed by atoms with Crippen LogP contribution >= 0.6 is 23.2 Å². The van der Waals surface area contributed by atoms with Crippen LogP contribution in [0.1, 0.15) is 16.1 Å². The number of halogens is 2. The number of carbonyl (C=O) groups is 1. The molecule has 2 aromatic heterocycles. The van der Waals surface area contributed by atoms with Crippen molar-refractivity contribution >= 4 is 29.0 Å². The number of rotatable bonds is 5. The molecule has 5 nitrogen and oxygen atoms in total. The van der Waals surface area contributed by atoms with Gasteiger partial charge < -0.3 is 4.90 Å². The molecule has 106 valence electrons. The van der Waals surface area contributed by atoms with Crippen LogP contribution in [0.2, 0.25) is 10.2 Å². The van der Waals surface area contributed by atoms with Crippen molar-refractivity contribution in [1.29, 1.82) is 0 Å². The number of likely N-dealkylation sites (N-methyl/N-ethyl adjacent to an activating group) is 1. The Morgan fingerprint density at radius 1 is 1.30 bits per heavy atom. The molecule has 0 fully saturated rings. The highest BCUT2D eigenvalue weighted by atomic mass is 35.5. The van der Waals surface area contributed by atoms with E-state index >= 15 is 0 Å². The van der Waals surface area contributed by atoms with Gasteiger partial charge in [0, 0.05) is 18.3 Å². The largest absolute Gasteiger partial charge is 0.308 e. The summed E-state index contributed by atoms with van der Waals surface area (Å²) in [6.45, 7) is 1.35. The van der Waals surface area contributed by atoms with E-state index in [1.165, 1.54) is 12.4 Å². The molecule has 0 aliphatic heterocycles. The van der Waals surface area contributed by atoms with Gasteiger partial charge in [-0.3, -0.25) is 9.48 Å². The Morgan fingerprint density at radius 2 is 2.05 bits per heavy atom. The van der Waals surface area contributed by atoms with Crippen LogP contribution in [0.5, 0.6) is 0 Å². The van der Waals surface area contributed by atoms with Gasteiger partial charge in [0.2, 0.25) is 5.78 Å². The number of aromatic nitrogens is 3. The van der Waals surface area contributed by atoms with Crippen molar-refractivity contribution in [2.45, 2.75) is 6.54 Å². The second kappa shape index (κ2) is 6.35. The van der Waals surface area contributed by atoms with Crippen LogP contribution in [0.4, 0.5) is 0 Å². The summed E-state index contributed by atoms with van der Waals surface area (Å²) < 4.78 is 1.61. The third-order valence-electron chi connectivity index (χ3n) is 2.76. The Labute approximate surface area is 127 Å². The van der Waals surface area contributed by atoms with Gasteiger partial charge >= 0.3 is 0 Å². The highest BCUT2D eigenvalue weighted by Gasteiger charge is 2.19. The van der Waals surface area contributed by atoms with Crippen molar-refractivity contribution in [1.82, 2.24) is 19.7 Å². The maximum Gasteiger partial charge on any atom is 0.214 e. The van der Waals surface area contributed by atoms with Crippen LogP contribution in [0.25, 0.3) is 0 Å². The number of hydrogen-bond acceptors (Lipinski definition) is 4. The van der Waals surface area contributed by atoms with Gasteiger partial charge in [0.05, 0.1) is 17.8 Å². The van der Waals surface area contributed by atoms with Gasteiger partial charge in [-0.05, 0) is 26.2 Å². The molecule has 0 bridgehead atoms. The molecule has 2 aromatic rings. The lowest BCUT2D eigenvalue weighted by molar-refractivity contribution is 0.102. The Balaban J connectivity index is 2.29. The standard InChI is InChI=1S/C13H14Cl2N4O/c1-18(2)5-6-19-12(10(14)8-17-19)13(20)9-3-4-11(15)16-7-9/h3-4,7-8H,5-6H2,1-2H3. The SMILES string of the molecule is CN(C)CCn1ncc(Cl)c1C(=O)c1ccc(Cl)nc1. The lowest BCUT2D eigenvalue weighted by Gasteiger charge is -2.11. The van der Waals surface area contributed by atoms with Crippen LogP contribution in [0, 0.1) is 0 Å². The van der Waals surface area contributed by atoms with Gasteiger partial charge in [0.25, 0.3) is 0 Å². The van der Waals surface area contributed by atoms with Crippen molar-refractivity contribution in [2.75, 3.05) is 20.6 Å². The average molecular weight is 313 g/mol. The number of hydrogen-bond donors (Lipinski definition) is 0. The van der Waals surface area contributed by atoms with Crippen molar-refractivity contribution in [3.05, 3.63) is 46.0 Å². The predicted octanol–water partition coefficient (Wildman–Crippen LogP) is 2.38. The first-order valence-electron chi connectivity index (χ1n) is 6.01. The second-order valence-corrected chi connectivity index (χ2v) is 5.36. The molecule has 0 spiro atoms. The Morgan fingerprint density at radius 3 is 2.65 bits per heavy atom. The Bertz CT molecular complexity index is 607. The molecular weight excluding hydrogens is 299 g/mol. The number of carbonyl (C=O) groups excluding carboxylic acids is 1. The third kappa shape index (κ3) is 3.36. The van der Waals surface area contributed by atoms with Gasteiger partial charge in [-0.25, -0.2) is 4.98 Å². The average Bonchev–Trinajstić information content (AvgIpc) is 2.77. The molecule has 0 unspecified atom stereocenters. The number of ketones is 1. The van der Waals surface area contributed by atoms with Gasteiger partial charge in [0.15, 0.2) is 0 Å². The second-order valence-electron chi connectivity index (χ2n) is 4.57. The fourth-order valence-electron chi connectivity index (χ4n) is 1.70. The van der Waals surface area contributed by atoms with Gasteiger partial charge in [-0.15, -0.1) is 0 Å². The molecule has 0 N–H and O–H groups in total. The minimum Gasteiger partial charge on any atom is -0.308 e. The van der Waals surface area contributed by atoms with Gasteiger partial charge in [0.1, 0.15) is 10.8 Å². The minimum absolute atomic E-state index is 0.213. The highest BCUT2D eigenvalue weighted by molar-refractivity contribution is 6.34. The fourth-order valence-corrected chi connectivity index (χ4v) is 2.04. The van der Waals surface area contributed by atoms with Crippen molar-refractivity contribution in [3.8, 4) is 0 Å². The van der Waals surface area contributed by atoms with Gasteiger partial charge in [-0.1, -0.05) is 23.2 Å². The van der Waals surface area contributed by atoms with Crippen LogP contribution in [0.3, 0.4) is 0 Å². The summed E-state index contributed by atoms with van der Waals surface area (Å²) in [4.78, 5) is 18.4. The molecule has 0 amide bonds. The van der Waals surface area contributed by atoms with Crippen molar-refractivity contribution in [3.63, 3.8) is 0 Å². The summed E-state index contributed by atoms with van der Waals surface area (Å²) in [7, 11) is 3.91. The minimum atomic E-state index is -0.213. The molecule has 2 heterocycles. The zero-order chi connectivity index (χ0) is 14.7. The molecule has 20 heavy (non-hydrogen) atoms. The van der Waals surface area contributed by atoms with Crippen molar-refractivity contribution in [2.24, 2.45) is 0 Å². The van der Waals surface area contributed by atoms with Crippen LogP contribution < -0.4 is 0 Å². The molecule has 0 aromatic carbocycles. The zero-order valence-electron chi connectivity index (χ0n) is 11.2. The fraction of sp³-hybridized carbons (Fsp3) is 0.308. The van der Waals surface area contributed by atoms with Crippen LogP contribution in [-0.2, 0) is 6.54 Å². The summed E-state index contributed by atoms with van der Waals surface area (Å²) >= 11 is 11.8. The van der Waals surface area contributed by atoms with Crippen LogP contribution in [-0.4, -0.2) is 46.1 Å². The predicted molar refractivity (Wildman–Crippen MR) is 78.5 cm³/mol. The number of nitrogens with zero attached hydrogens (tertiary/aromatic N) is 4. The molecule has 0 radical (unpaired) electrons. The van der Waals surface area contributed by atoms with E-state index < -0.39 is 0 Å². The quantitative estimate of drug-likeness (QED) is 0.628. The van der Waals surface area contributed by atoms with E-state index in [4.69, 9.17) is 23.2 Å². The first-order chi connectivity index (χ1) is 9.49. The van der Waals surface area contributed by atoms with Crippen LogP contribution in [0.15, 0.2) is 24.5 Å². The molecule has 0 saturated heterocycles. The molecule has 0 aliphatic carbocycles. The molecule has 0 saturated carbocycles. The first kappa shape index (κ1) is 15.0. The first-order valence-corrected chi connectivity index (χ1v) is 6.77. The normalized spacial score (nSPS) is 11.1. The molecule has 0 aliphatic rings. The van der Waals surface area contributed by atoms with E-state index in [9.17, 15) is 4.79 Å². The van der Waals surface area contributed by atoms with E-state index in [0.29, 0.717) is 28.0 Å². The summed E-state index contributed by atoms with van der Waals surface area (Å²) in [5, 5.41) is 4.82. The maximum absolute atomic E-state index is 12.5. The maximum atomic E-state index is 12.5. The van der Waals surface area contributed by atoms with Gasteiger partial charge in [-0.2, -0.15) is 5.10 Å². The smallest absolute Gasteiger partial charge is 0.214 e. The van der Waals surface area contributed by atoms with Crippen molar-refractivity contribution < 1.29 is 4.79 Å². The molecular formula is C13H14Cl2N4O. The topological polar surface area (TPSA) is 51.0 Å². The summed E-state index contributed by atoms with van der Waals surface area (Å²) in [6, 6.07) is 3.19. The van der Waals surface area contributed by atoms with E-state index in [1.807, 2.05) is 19.0 Å². The molecule has 0 atom stereocenters. The Kier molecular flexibility index (Phi) is 4.75. The lowest BCUT2D eigenvalue weighted by Crippen LogP contribution is -2.21. The summed E-state index contributed by atoms with van der Waals surface area (Å²) in [5.74, 6) is -0.213. The van der Waals surface area contributed by atoms with E-state index in [1.54, 1.807) is 16.8 Å². The zero-order valence-corrected chi connectivity index (χ0v) is 12.7. The highest BCUT2D eigenvalue weighted by Crippen LogP contribution is 2.19.